The molecule has 2 heterocycles. The topological polar surface area (TPSA) is 68.5 Å². The number of ether oxygens (including phenoxy) is 1. The highest BCUT2D eigenvalue weighted by Crippen LogP contribution is 2.28. The number of piperidine rings is 1. The molecule has 0 atom stereocenters. The number of aromatic nitrogens is 2. The first-order valence-corrected chi connectivity index (χ1v) is 9.31. The average Bonchev–Trinajstić information content (AvgIpc) is 3.17. The Morgan fingerprint density at radius 2 is 1.92 bits per heavy atom. The second-order valence-corrected chi connectivity index (χ2v) is 7.14. The molecular weight excluding hydrogens is 330 g/mol. The number of carbonyl (C=O) groups excluding carboxylic acids is 1. The van der Waals surface area contributed by atoms with Gasteiger partial charge in [0.25, 0.3) is 0 Å². The van der Waals surface area contributed by atoms with Crippen LogP contribution in [0.5, 0.6) is 5.75 Å². The summed E-state index contributed by atoms with van der Waals surface area (Å²) < 4.78 is 10.9. The summed E-state index contributed by atoms with van der Waals surface area (Å²) in [6, 6.07) is 7.89. The van der Waals surface area contributed by atoms with Crippen molar-refractivity contribution in [1.29, 1.82) is 0 Å². The van der Waals surface area contributed by atoms with Crippen molar-refractivity contribution in [1.82, 2.24) is 15.1 Å². The molecule has 2 aromatic rings. The van der Waals surface area contributed by atoms with E-state index in [9.17, 15) is 4.79 Å². The van der Waals surface area contributed by atoms with Crippen molar-refractivity contribution in [2.75, 3.05) is 20.2 Å². The molecule has 140 valence electrons. The molecule has 0 bridgehead atoms. The minimum atomic E-state index is 0.215. The summed E-state index contributed by atoms with van der Waals surface area (Å²) in [5.74, 6) is 2.98. The molecule has 6 nitrogen and oxygen atoms in total. The monoisotopic (exact) mass is 357 g/mol. The Morgan fingerprint density at radius 1 is 1.23 bits per heavy atom. The lowest BCUT2D eigenvalue weighted by molar-refractivity contribution is -0.132. The number of hydrogen-bond donors (Lipinski definition) is 0. The van der Waals surface area contributed by atoms with Gasteiger partial charge in [0.15, 0.2) is 0 Å². The van der Waals surface area contributed by atoms with E-state index in [4.69, 9.17) is 9.15 Å². The largest absolute Gasteiger partial charge is 0.497 e. The molecule has 0 radical (unpaired) electrons. The second kappa shape index (κ2) is 8.34. The van der Waals surface area contributed by atoms with E-state index in [1.807, 2.05) is 43.0 Å². The van der Waals surface area contributed by atoms with Gasteiger partial charge in [0, 0.05) is 31.3 Å². The number of amides is 1. The molecule has 1 fully saturated rings. The maximum Gasteiger partial charge on any atom is 0.222 e. The van der Waals surface area contributed by atoms with Gasteiger partial charge in [-0.1, -0.05) is 26.0 Å². The van der Waals surface area contributed by atoms with Gasteiger partial charge in [0.1, 0.15) is 5.75 Å². The van der Waals surface area contributed by atoms with Crippen molar-refractivity contribution >= 4 is 5.91 Å². The number of nitrogens with zero attached hydrogens (tertiary/aromatic N) is 3. The molecule has 1 aliphatic rings. The van der Waals surface area contributed by atoms with Gasteiger partial charge < -0.3 is 14.1 Å². The Balaban J connectivity index is 1.46. The van der Waals surface area contributed by atoms with E-state index in [1.165, 1.54) is 0 Å². The Morgan fingerprint density at radius 3 is 2.50 bits per heavy atom. The van der Waals surface area contributed by atoms with Gasteiger partial charge in [0.05, 0.1) is 7.11 Å². The van der Waals surface area contributed by atoms with Crippen LogP contribution in [0.4, 0.5) is 0 Å². The van der Waals surface area contributed by atoms with Gasteiger partial charge in [-0.15, -0.1) is 10.2 Å². The number of rotatable bonds is 6. The Bertz CT molecular complexity index is 716. The third-order valence-corrected chi connectivity index (χ3v) is 4.93. The van der Waals surface area contributed by atoms with Gasteiger partial charge in [-0.2, -0.15) is 0 Å². The molecule has 1 saturated heterocycles. The third kappa shape index (κ3) is 4.42. The van der Waals surface area contributed by atoms with Gasteiger partial charge >= 0.3 is 0 Å². The van der Waals surface area contributed by atoms with Crippen LogP contribution < -0.4 is 4.74 Å². The minimum Gasteiger partial charge on any atom is -0.497 e. The summed E-state index contributed by atoms with van der Waals surface area (Å²) in [5.41, 5.74) is 1.15. The van der Waals surface area contributed by atoms with Crippen LogP contribution in [0.3, 0.4) is 0 Å². The van der Waals surface area contributed by atoms with Crippen LogP contribution in [0.1, 0.15) is 62.3 Å². The molecule has 0 spiro atoms. The lowest BCUT2D eigenvalue weighted by Gasteiger charge is -2.30. The Hall–Kier alpha value is -2.37. The fourth-order valence-corrected chi connectivity index (χ4v) is 3.22. The first kappa shape index (κ1) is 18.4. The summed E-state index contributed by atoms with van der Waals surface area (Å²) in [6.07, 6.45) is 3.06. The van der Waals surface area contributed by atoms with Gasteiger partial charge in [-0.25, -0.2) is 0 Å². The van der Waals surface area contributed by atoms with Crippen molar-refractivity contribution < 1.29 is 13.9 Å². The molecular formula is C20H27N3O3. The van der Waals surface area contributed by atoms with Crippen LogP contribution in [-0.4, -0.2) is 41.2 Å². The molecule has 0 saturated carbocycles. The number of methoxy groups -OCH3 is 1. The van der Waals surface area contributed by atoms with E-state index in [0.29, 0.717) is 12.3 Å². The van der Waals surface area contributed by atoms with Gasteiger partial charge in [-0.05, 0) is 37.0 Å². The summed E-state index contributed by atoms with van der Waals surface area (Å²) in [7, 11) is 1.65. The Labute approximate surface area is 154 Å². The maximum atomic E-state index is 12.5. The number of benzene rings is 1. The van der Waals surface area contributed by atoms with Gasteiger partial charge in [-0.3, -0.25) is 4.79 Å². The molecule has 0 aliphatic carbocycles. The molecule has 6 heteroatoms. The SMILES string of the molecule is COc1ccc(CCC(=O)N2CCC(c3nnc(C(C)C)o3)CC2)cc1. The highest BCUT2D eigenvalue weighted by molar-refractivity contribution is 5.76. The summed E-state index contributed by atoms with van der Waals surface area (Å²) >= 11 is 0. The van der Waals surface area contributed by atoms with Crippen LogP contribution in [0.15, 0.2) is 28.7 Å². The summed E-state index contributed by atoms with van der Waals surface area (Å²) in [5, 5.41) is 8.30. The van der Waals surface area contributed by atoms with Crippen molar-refractivity contribution in [3.8, 4) is 5.75 Å². The number of aryl methyl sites for hydroxylation is 1. The fourth-order valence-electron chi connectivity index (χ4n) is 3.22. The zero-order chi connectivity index (χ0) is 18.5. The lowest BCUT2D eigenvalue weighted by atomic mass is 9.96. The smallest absolute Gasteiger partial charge is 0.222 e. The third-order valence-electron chi connectivity index (χ3n) is 4.93. The van der Waals surface area contributed by atoms with Crippen molar-refractivity contribution in [2.45, 2.75) is 51.4 Å². The zero-order valence-corrected chi connectivity index (χ0v) is 15.8. The molecule has 0 unspecified atom stereocenters. The van der Waals surface area contributed by atoms with Crippen LogP contribution >= 0.6 is 0 Å². The molecule has 0 N–H and O–H groups in total. The minimum absolute atomic E-state index is 0.215. The summed E-state index contributed by atoms with van der Waals surface area (Å²) in [4.78, 5) is 14.4. The first-order valence-electron chi connectivity index (χ1n) is 9.31. The normalized spacial score (nSPS) is 15.5. The van der Waals surface area contributed by atoms with E-state index in [-0.39, 0.29) is 17.7 Å². The zero-order valence-electron chi connectivity index (χ0n) is 15.8. The molecule has 1 aromatic carbocycles. The highest BCUT2D eigenvalue weighted by atomic mass is 16.5. The Kier molecular flexibility index (Phi) is 5.91. The average molecular weight is 357 g/mol. The predicted molar refractivity (Wildman–Crippen MR) is 98.3 cm³/mol. The fraction of sp³-hybridized carbons (Fsp3) is 0.550. The van der Waals surface area contributed by atoms with Crippen molar-refractivity contribution in [3.05, 3.63) is 41.6 Å². The van der Waals surface area contributed by atoms with E-state index >= 15 is 0 Å². The number of likely N-dealkylation sites (tertiary alicyclic amines) is 1. The molecule has 1 amide bonds. The molecule has 26 heavy (non-hydrogen) atoms. The van der Waals surface area contributed by atoms with Crippen molar-refractivity contribution in [2.24, 2.45) is 0 Å². The van der Waals surface area contributed by atoms with Crippen LogP contribution in [0, 0.1) is 0 Å². The predicted octanol–water partition coefficient (Wildman–Crippen LogP) is 3.54. The molecule has 1 aromatic heterocycles. The molecule has 3 rings (SSSR count). The van der Waals surface area contributed by atoms with Crippen LogP contribution in [-0.2, 0) is 11.2 Å². The number of carbonyl (C=O) groups is 1. The van der Waals surface area contributed by atoms with Crippen LogP contribution in [0.25, 0.3) is 0 Å². The quantitative estimate of drug-likeness (QED) is 0.791. The van der Waals surface area contributed by atoms with E-state index in [0.717, 1.165) is 49.6 Å². The van der Waals surface area contributed by atoms with E-state index < -0.39 is 0 Å². The van der Waals surface area contributed by atoms with E-state index in [1.54, 1.807) is 7.11 Å². The standard InChI is InChI=1S/C20H27N3O3/c1-14(2)19-21-22-20(26-19)16-10-12-23(13-11-16)18(24)9-6-15-4-7-17(25-3)8-5-15/h4-5,7-8,14,16H,6,9-13H2,1-3H3. The number of hydrogen-bond acceptors (Lipinski definition) is 5. The maximum absolute atomic E-state index is 12.5. The molecule has 1 aliphatic heterocycles. The van der Waals surface area contributed by atoms with Gasteiger partial charge in [0.2, 0.25) is 17.7 Å². The summed E-state index contributed by atoms with van der Waals surface area (Å²) in [6.45, 7) is 5.60. The van der Waals surface area contributed by atoms with Crippen molar-refractivity contribution in [3.63, 3.8) is 0 Å². The first-order chi connectivity index (χ1) is 12.6. The second-order valence-electron chi connectivity index (χ2n) is 7.14. The van der Waals surface area contributed by atoms with Crippen LogP contribution in [0.2, 0.25) is 0 Å². The van der Waals surface area contributed by atoms with E-state index in [2.05, 4.69) is 10.2 Å². The highest BCUT2D eigenvalue weighted by Gasteiger charge is 2.27. The lowest BCUT2D eigenvalue weighted by Crippen LogP contribution is -2.38.